The van der Waals surface area contributed by atoms with Gasteiger partial charge in [0.15, 0.2) is 0 Å². The minimum atomic E-state index is -0.120. The van der Waals surface area contributed by atoms with E-state index in [1.165, 1.54) is 32.4 Å². The fourth-order valence-corrected chi connectivity index (χ4v) is 2.99. The molecule has 0 radical (unpaired) electrons. The zero-order valence-corrected chi connectivity index (χ0v) is 11.3. The Bertz CT molecular complexity index is 184. The fraction of sp³-hybridized carbons (Fsp3) is 1.00. The van der Waals surface area contributed by atoms with Gasteiger partial charge >= 0.3 is 0 Å². The highest BCUT2D eigenvalue weighted by Gasteiger charge is 2.28. The first-order valence-electron chi connectivity index (χ1n) is 7.14. The average Bonchev–Trinajstić information content (AvgIpc) is 2.31. The third-order valence-electron chi connectivity index (χ3n) is 4.04. The first-order chi connectivity index (χ1) is 7.72. The standard InChI is InChI=1S/C14H29NO/c1-4-8-14(16)13(6-3)15-10-7-9-12(5-2)11-15/h12-14,16H,4-11H2,1-3H3. The molecule has 1 N–H and O–H groups in total. The van der Waals surface area contributed by atoms with Crippen molar-refractivity contribution in [1.82, 2.24) is 4.90 Å². The molecule has 0 aromatic carbocycles. The van der Waals surface area contributed by atoms with Crippen LogP contribution in [0.5, 0.6) is 0 Å². The van der Waals surface area contributed by atoms with Gasteiger partial charge in [-0.05, 0) is 38.1 Å². The fourth-order valence-electron chi connectivity index (χ4n) is 2.99. The van der Waals surface area contributed by atoms with Crippen LogP contribution in [-0.4, -0.2) is 35.2 Å². The van der Waals surface area contributed by atoms with Crippen LogP contribution in [0.15, 0.2) is 0 Å². The largest absolute Gasteiger partial charge is 0.391 e. The molecule has 0 aliphatic carbocycles. The maximum Gasteiger partial charge on any atom is 0.0695 e. The summed E-state index contributed by atoms with van der Waals surface area (Å²) in [6, 6.07) is 0.397. The zero-order valence-electron chi connectivity index (χ0n) is 11.3. The van der Waals surface area contributed by atoms with Gasteiger partial charge in [-0.15, -0.1) is 0 Å². The molecule has 16 heavy (non-hydrogen) atoms. The summed E-state index contributed by atoms with van der Waals surface area (Å²) in [4.78, 5) is 2.54. The third kappa shape index (κ3) is 3.74. The first kappa shape index (κ1) is 14.0. The summed E-state index contributed by atoms with van der Waals surface area (Å²) in [5, 5.41) is 10.2. The van der Waals surface area contributed by atoms with Crippen LogP contribution in [0.25, 0.3) is 0 Å². The average molecular weight is 227 g/mol. The molecule has 1 rings (SSSR count). The molecule has 1 heterocycles. The molecule has 0 amide bonds. The van der Waals surface area contributed by atoms with Crippen molar-refractivity contribution in [3.05, 3.63) is 0 Å². The van der Waals surface area contributed by atoms with Crippen LogP contribution in [0.4, 0.5) is 0 Å². The van der Waals surface area contributed by atoms with Crippen molar-refractivity contribution < 1.29 is 5.11 Å². The van der Waals surface area contributed by atoms with E-state index in [-0.39, 0.29) is 6.10 Å². The molecular weight excluding hydrogens is 198 g/mol. The van der Waals surface area contributed by atoms with Crippen molar-refractivity contribution in [3.8, 4) is 0 Å². The molecule has 0 aromatic heterocycles. The van der Waals surface area contributed by atoms with E-state index in [1.54, 1.807) is 0 Å². The minimum Gasteiger partial charge on any atom is -0.391 e. The Labute approximate surface area is 101 Å². The van der Waals surface area contributed by atoms with Gasteiger partial charge in [0.05, 0.1) is 6.10 Å². The minimum absolute atomic E-state index is 0.120. The molecule has 0 aromatic rings. The molecule has 2 heteroatoms. The Morgan fingerprint density at radius 1 is 1.31 bits per heavy atom. The second-order valence-corrected chi connectivity index (χ2v) is 5.24. The van der Waals surface area contributed by atoms with Crippen LogP contribution in [0, 0.1) is 5.92 Å². The second-order valence-electron chi connectivity index (χ2n) is 5.24. The lowest BCUT2D eigenvalue weighted by Crippen LogP contribution is -2.48. The van der Waals surface area contributed by atoms with Gasteiger partial charge in [-0.2, -0.15) is 0 Å². The zero-order chi connectivity index (χ0) is 12.0. The van der Waals surface area contributed by atoms with Crippen molar-refractivity contribution >= 4 is 0 Å². The number of hydrogen-bond donors (Lipinski definition) is 1. The molecule has 3 unspecified atom stereocenters. The molecule has 0 saturated carbocycles. The van der Waals surface area contributed by atoms with E-state index >= 15 is 0 Å². The Morgan fingerprint density at radius 3 is 2.62 bits per heavy atom. The predicted molar refractivity (Wildman–Crippen MR) is 69.6 cm³/mol. The Morgan fingerprint density at radius 2 is 2.06 bits per heavy atom. The number of likely N-dealkylation sites (tertiary alicyclic amines) is 1. The Kier molecular flexibility index (Phi) is 6.37. The van der Waals surface area contributed by atoms with Gasteiger partial charge in [-0.1, -0.05) is 33.6 Å². The molecule has 0 spiro atoms. The number of aliphatic hydroxyl groups excluding tert-OH is 1. The van der Waals surface area contributed by atoms with Gasteiger partial charge in [-0.25, -0.2) is 0 Å². The molecule has 0 bridgehead atoms. The van der Waals surface area contributed by atoms with Crippen LogP contribution < -0.4 is 0 Å². The highest BCUT2D eigenvalue weighted by atomic mass is 16.3. The summed E-state index contributed by atoms with van der Waals surface area (Å²) >= 11 is 0. The van der Waals surface area contributed by atoms with Gasteiger partial charge in [0.2, 0.25) is 0 Å². The molecule has 1 aliphatic rings. The lowest BCUT2D eigenvalue weighted by molar-refractivity contribution is 0.0176. The Balaban J connectivity index is 2.50. The Hall–Kier alpha value is -0.0800. The smallest absolute Gasteiger partial charge is 0.0695 e. The van der Waals surface area contributed by atoms with Crippen molar-refractivity contribution in [2.24, 2.45) is 5.92 Å². The van der Waals surface area contributed by atoms with Crippen molar-refractivity contribution in [3.63, 3.8) is 0 Å². The van der Waals surface area contributed by atoms with Crippen LogP contribution in [0.2, 0.25) is 0 Å². The van der Waals surface area contributed by atoms with E-state index < -0.39 is 0 Å². The molecule has 1 saturated heterocycles. The molecule has 96 valence electrons. The highest BCUT2D eigenvalue weighted by molar-refractivity contribution is 4.82. The van der Waals surface area contributed by atoms with Crippen LogP contribution >= 0.6 is 0 Å². The van der Waals surface area contributed by atoms with Crippen molar-refractivity contribution in [2.75, 3.05) is 13.1 Å². The van der Waals surface area contributed by atoms with Crippen molar-refractivity contribution in [1.29, 1.82) is 0 Å². The monoisotopic (exact) mass is 227 g/mol. The van der Waals surface area contributed by atoms with E-state index in [1.807, 2.05) is 0 Å². The second kappa shape index (κ2) is 7.29. The van der Waals surface area contributed by atoms with Gasteiger partial charge in [0, 0.05) is 12.6 Å². The van der Waals surface area contributed by atoms with Gasteiger partial charge in [0.25, 0.3) is 0 Å². The van der Waals surface area contributed by atoms with E-state index in [2.05, 4.69) is 25.7 Å². The maximum absolute atomic E-state index is 10.2. The summed E-state index contributed by atoms with van der Waals surface area (Å²) in [5.41, 5.74) is 0. The van der Waals surface area contributed by atoms with E-state index in [9.17, 15) is 5.11 Å². The number of hydrogen-bond acceptors (Lipinski definition) is 2. The first-order valence-corrected chi connectivity index (χ1v) is 7.14. The maximum atomic E-state index is 10.2. The topological polar surface area (TPSA) is 23.5 Å². The summed E-state index contributed by atoms with van der Waals surface area (Å²) < 4.78 is 0. The quantitative estimate of drug-likeness (QED) is 0.754. The third-order valence-corrected chi connectivity index (χ3v) is 4.04. The normalized spacial score (nSPS) is 26.6. The lowest BCUT2D eigenvalue weighted by atomic mass is 9.92. The molecular formula is C14H29NO. The van der Waals surface area contributed by atoms with Crippen LogP contribution in [0.1, 0.15) is 59.3 Å². The molecule has 2 nitrogen and oxygen atoms in total. The molecule has 1 fully saturated rings. The summed E-state index contributed by atoms with van der Waals surface area (Å²) in [7, 11) is 0. The van der Waals surface area contributed by atoms with Crippen LogP contribution in [-0.2, 0) is 0 Å². The number of piperidine rings is 1. The number of aliphatic hydroxyl groups is 1. The van der Waals surface area contributed by atoms with Gasteiger partial charge in [0.1, 0.15) is 0 Å². The van der Waals surface area contributed by atoms with Crippen molar-refractivity contribution in [2.45, 2.75) is 71.4 Å². The summed E-state index contributed by atoms with van der Waals surface area (Å²) in [6.45, 7) is 9.04. The van der Waals surface area contributed by atoms with E-state index in [0.717, 1.165) is 25.2 Å². The SMILES string of the molecule is CCCC(O)C(CC)N1CCCC(CC)C1. The predicted octanol–water partition coefficient (Wildman–Crippen LogP) is 3.05. The number of nitrogens with zero attached hydrogens (tertiary/aromatic N) is 1. The highest BCUT2D eigenvalue weighted by Crippen LogP contribution is 2.24. The number of rotatable bonds is 6. The molecule has 3 atom stereocenters. The van der Waals surface area contributed by atoms with Crippen LogP contribution in [0.3, 0.4) is 0 Å². The summed E-state index contributed by atoms with van der Waals surface area (Å²) in [5.74, 6) is 0.858. The van der Waals surface area contributed by atoms with E-state index in [0.29, 0.717) is 6.04 Å². The van der Waals surface area contributed by atoms with Gasteiger partial charge < -0.3 is 5.11 Å². The van der Waals surface area contributed by atoms with E-state index in [4.69, 9.17) is 0 Å². The summed E-state index contributed by atoms with van der Waals surface area (Å²) in [6.07, 6.45) is 6.98. The van der Waals surface area contributed by atoms with Gasteiger partial charge in [-0.3, -0.25) is 4.90 Å². The molecule has 1 aliphatic heterocycles. The lowest BCUT2D eigenvalue weighted by Gasteiger charge is -2.39.